The quantitative estimate of drug-likeness (QED) is 0.558. The van der Waals surface area contributed by atoms with Crippen molar-refractivity contribution in [3.63, 3.8) is 0 Å². The van der Waals surface area contributed by atoms with Gasteiger partial charge in [-0.2, -0.15) is 5.10 Å². The summed E-state index contributed by atoms with van der Waals surface area (Å²) in [4.78, 5) is 16.3. The number of hydrogen-bond acceptors (Lipinski definition) is 4. The van der Waals surface area contributed by atoms with E-state index in [4.69, 9.17) is 27.9 Å². The Balaban J connectivity index is 1.65. The normalized spacial score (nSPS) is 11.9. The fourth-order valence-electron chi connectivity index (χ4n) is 2.50. The molecule has 1 heterocycles. The van der Waals surface area contributed by atoms with E-state index in [1.54, 1.807) is 23.1 Å². The van der Waals surface area contributed by atoms with Gasteiger partial charge in [-0.15, -0.1) is 0 Å². The summed E-state index contributed by atoms with van der Waals surface area (Å²) in [6.07, 6.45) is 3.44. The summed E-state index contributed by atoms with van der Waals surface area (Å²) in [5.41, 5.74) is 1.88. The summed E-state index contributed by atoms with van der Waals surface area (Å²) in [6.45, 7) is 0.383. The van der Waals surface area contributed by atoms with Gasteiger partial charge in [-0.25, -0.2) is 9.67 Å². The molecule has 0 bridgehead atoms. The predicted octanol–water partition coefficient (Wildman–Crippen LogP) is 4.50. The van der Waals surface area contributed by atoms with Gasteiger partial charge in [0.2, 0.25) is 0 Å². The van der Waals surface area contributed by atoms with Crippen LogP contribution in [0.4, 0.5) is 0 Å². The lowest BCUT2D eigenvalue weighted by Gasteiger charge is -2.18. The Kier molecular flexibility index (Phi) is 6.26. The molecule has 1 atom stereocenters. The number of benzene rings is 2. The molecule has 1 aromatic heterocycles. The van der Waals surface area contributed by atoms with Crippen molar-refractivity contribution in [2.24, 2.45) is 0 Å². The minimum atomic E-state index is -0.466. The van der Waals surface area contributed by atoms with E-state index in [9.17, 15) is 4.79 Å². The molecule has 0 aliphatic rings. The third-order valence-corrected chi connectivity index (χ3v) is 4.37. The Morgan fingerprint density at radius 2 is 1.69 bits per heavy atom. The van der Waals surface area contributed by atoms with Crippen molar-refractivity contribution in [3.8, 4) is 0 Å². The number of rotatable bonds is 7. The topological polar surface area (TPSA) is 57.0 Å². The van der Waals surface area contributed by atoms with Gasteiger partial charge in [-0.05, 0) is 41.8 Å². The van der Waals surface area contributed by atoms with Gasteiger partial charge < -0.3 is 4.74 Å². The Labute approximate surface area is 161 Å². The number of aryl methyl sites for hydroxylation is 1. The van der Waals surface area contributed by atoms with Crippen LogP contribution < -0.4 is 0 Å². The maximum Gasteiger partial charge on any atom is 0.306 e. The molecule has 134 valence electrons. The Morgan fingerprint density at radius 3 is 2.31 bits per heavy atom. The molecular weight excluding hydrogens is 373 g/mol. The highest BCUT2D eigenvalue weighted by atomic mass is 35.5. The van der Waals surface area contributed by atoms with E-state index in [0.717, 1.165) is 11.1 Å². The van der Waals surface area contributed by atoms with Crippen molar-refractivity contribution >= 4 is 29.2 Å². The lowest BCUT2D eigenvalue weighted by molar-refractivity contribution is -0.150. The third kappa shape index (κ3) is 5.31. The molecule has 3 aromatic rings. The van der Waals surface area contributed by atoms with Crippen molar-refractivity contribution < 1.29 is 9.53 Å². The molecule has 5 nitrogen and oxygen atoms in total. The van der Waals surface area contributed by atoms with Crippen molar-refractivity contribution in [1.82, 2.24) is 14.8 Å². The van der Waals surface area contributed by atoms with Crippen LogP contribution in [0.3, 0.4) is 0 Å². The molecular formula is C19H17Cl2N3O2. The molecule has 0 fully saturated rings. The van der Waals surface area contributed by atoms with E-state index in [2.05, 4.69) is 10.1 Å². The fourth-order valence-corrected chi connectivity index (χ4v) is 2.75. The average Bonchev–Trinajstić information content (AvgIpc) is 3.14. The molecule has 0 saturated heterocycles. The van der Waals surface area contributed by atoms with Crippen LogP contribution in [-0.2, 0) is 22.5 Å². The molecule has 3 rings (SSSR count). The van der Waals surface area contributed by atoms with Crippen molar-refractivity contribution in [2.75, 3.05) is 0 Å². The van der Waals surface area contributed by atoms with Crippen molar-refractivity contribution in [3.05, 3.63) is 82.4 Å². The molecule has 0 amide bonds. The first-order chi connectivity index (χ1) is 12.6. The molecule has 0 radical (unpaired) electrons. The first-order valence-corrected chi connectivity index (χ1v) is 8.87. The van der Waals surface area contributed by atoms with Gasteiger partial charge in [0.25, 0.3) is 0 Å². The zero-order chi connectivity index (χ0) is 18.4. The zero-order valence-electron chi connectivity index (χ0n) is 13.9. The second-order valence-corrected chi connectivity index (χ2v) is 6.65. The third-order valence-electron chi connectivity index (χ3n) is 3.87. The fraction of sp³-hybridized carbons (Fsp3) is 0.211. The molecule has 1 unspecified atom stereocenters. The smallest absolute Gasteiger partial charge is 0.306 e. The highest BCUT2D eigenvalue weighted by molar-refractivity contribution is 6.30. The van der Waals surface area contributed by atoms with Crippen LogP contribution in [0, 0.1) is 0 Å². The Bertz CT molecular complexity index is 834. The SMILES string of the molecule is O=C(CCc1ccc(Cl)cc1)OC(Cn1cncn1)c1ccc(Cl)cc1. The minimum Gasteiger partial charge on any atom is -0.455 e. The van der Waals surface area contributed by atoms with Gasteiger partial charge in [-0.1, -0.05) is 47.5 Å². The first kappa shape index (κ1) is 18.4. The number of aromatic nitrogens is 3. The molecule has 26 heavy (non-hydrogen) atoms. The van der Waals surface area contributed by atoms with Crippen LogP contribution in [0.2, 0.25) is 10.0 Å². The summed E-state index contributed by atoms with van der Waals surface area (Å²) < 4.78 is 7.33. The molecule has 0 aliphatic carbocycles. The average molecular weight is 390 g/mol. The van der Waals surface area contributed by atoms with E-state index in [1.165, 1.54) is 6.33 Å². The summed E-state index contributed by atoms with van der Waals surface area (Å²) in [5, 5.41) is 5.38. The number of esters is 1. The van der Waals surface area contributed by atoms with Gasteiger partial charge >= 0.3 is 5.97 Å². The second kappa shape index (κ2) is 8.83. The summed E-state index contributed by atoms with van der Waals surface area (Å²) in [6, 6.07) is 14.7. The molecule has 0 spiro atoms. The van der Waals surface area contributed by atoms with Gasteiger partial charge in [0, 0.05) is 16.5 Å². The lowest BCUT2D eigenvalue weighted by Crippen LogP contribution is -2.17. The zero-order valence-corrected chi connectivity index (χ0v) is 15.4. The highest BCUT2D eigenvalue weighted by Gasteiger charge is 2.18. The van der Waals surface area contributed by atoms with E-state index >= 15 is 0 Å². The van der Waals surface area contributed by atoms with Crippen molar-refractivity contribution in [1.29, 1.82) is 0 Å². The number of carbonyl (C=O) groups excluding carboxylic acids is 1. The summed E-state index contributed by atoms with van der Waals surface area (Å²) >= 11 is 11.8. The Morgan fingerprint density at radius 1 is 1.04 bits per heavy atom. The Hall–Kier alpha value is -2.37. The number of halogens is 2. The highest BCUT2D eigenvalue weighted by Crippen LogP contribution is 2.22. The summed E-state index contributed by atoms with van der Waals surface area (Å²) in [5.74, 6) is -0.278. The molecule has 7 heteroatoms. The standard InChI is InChI=1S/C19H17Cl2N3O2/c20-16-6-1-14(2-7-16)3-10-19(25)26-18(11-24-13-22-12-23-24)15-4-8-17(21)9-5-15/h1-2,4-9,12-13,18H,3,10-11H2. The van der Waals surface area contributed by atoms with Gasteiger partial charge in [-0.3, -0.25) is 4.79 Å². The van der Waals surface area contributed by atoms with Gasteiger partial charge in [0.05, 0.1) is 6.54 Å². The minimum absolute atomic E-state index is 0.278. The second-order valence-electron chi connectivity index (χ2n) is 5.77. The van der Waals surface area contributed by atoms with Crippen LogP contribution in [0.15, 0.2) is 61.2 Å². The number of hydrogen-bond donors (Lipinski definition) is 0. The molecule has 2 aromatic carbocycles. The first-order valence-electron chi connectivity index (χ1n) is 8.12. The van der Waals surface area contributed by atoms with Crippen LogP contribution in [0.5, 0.6) is 0 Å². The van der Waals surface area contributed by atoms with E-state index in [-0.39, 0.29) is 12.4 Å². The largest absolute Gasteiger partial charge is 0.455 e. The van der Waals surface area contributed by atoms with Gasteiger partial charge in [0.1, 0.15) is 18.8 Å². The maximum absolute atomic E-state index is 12.3. The molecule has 0 aliphatic heterocycles. The maximum atomic E-state index is 12.3. The number of carbonyl (C=O) groups is 1. The predicted molar refractivity (Wildman–Crippen MR) is 100 cm³/mol. The van der Waals surface area contributed by atoms with E-state index in [1.807, 2.05) is 36.4 Å². The van der Waals surface area contributed by atoms with Crippen LogP contribution in [0.1, 0.15) is 23.7 Å². The number of ether oxygens (including phenoxy) is 1. The lowest BCUT2D eigenvalue weighted by atomic mass is 10.1. The monoisotopic (exact) mass is 389 g/mol. The van der Waals surface area contributed by atoms with Crippen molar-refractivity contribution in [2.45, 2.75) is 25.5 Å². The van der Waals surface area contributed by atoms with Crippen LogP contribution >= 0.6 is 23.2 Å². The number of nitrogens with zero attached hydrogens (tertiary/aromatic N) is 3. The van der Waals surface area contributed by atoms with Crippen LogP contribution in [0.25, 0.3) is 0 Å². The summed E-state index contributed by atoms with van der Waals surface area (Å²) in [7, 11) is 0. The molecule has 0 N–H and O–H groups in total. The molecule has 0 saturated carbocycles. The van der Waals surface area contributed by atoms with Gasteiger partial charge in [0.15, 0.2) is 0 Å². The van der Waals surface area contributed by atoms with Crippen LogP contribution in [-0.4, -0.2) is 20.7 Å². The van der Waals surface area contributed by atoms with E-state index < -0.39 is 6.10 Å². The van der Waals surface area contributed by atoms with E-state index in [0.29, 0.717) is 23.0 Å².